The second-order valence-corrected chi connectivity index (χ2v) is 3.01. The molecule has 80 valence electrons. The van der Waals surface area contributed by atoms with Crippen molar-refractivity contribution in [3.63, 3.8) is 0 Å². The Hall–Kier alpha value is -2.62. The fourth-order valence-corrected chi connectivity index (χ4v) is 1.40. The number of nitrogens with zero attached hydrogens (tertiary/aromatic N) is 4. The zero-order chi connectivity index (χ0) is 11.7. The Bertz CT molecular complexity index is 661. The predicted octanol–water partition coefficient (Wildman–Crippen LogP) is 0.0374. The average molecular weight is 218 g/mol. The molecule has 7 nitrogen and oxygen atoms in total. The van der Waals surface area contributed by atoms with Crippen molar-refractivity contribution in [1.82, 2.24) is 14.2 Å². The maximum absolute atomic E-state index is 11.6. The minimum Gasteiger partial charge on any atom is -0.314 e. The minimum atomic E-state index is -0.765. The van der Waals surface area contributed by atoms with Gasteiger partial charge in [0.15, 0.2) is 0 Å². The second kappa shape index (κ2) is 3.51. The van der Waals surface area contributed by atoms with Crippen LogP contribution in [-0.4, -0.2) is 19.1 Å². The topological polar surface area (TPSA) is 82.4 Å². The van der Waals surface area contributed by atoms with E-state index in [1.54, 1.807) is 6.07 Å². The maximum atomic E-state index is 11.6. The lowest BCUT2D eigenvalue weighted by molar-refractivity contribution is -0.386. The highest BCUT2D eigenvalue weighted by Gasteiger charge is 2.17. The van der Waals surface area contributed by atoms with Crippen molar-refractivity contribution in [3.8, 4) is 12.3 Å². The third-order valence-corrected chi connectivity index (χ3v) is 2.06. The minimum absolute atomic E-state index is 0.135. The number of rotatable bonds is 2. The molecular weight excluding hydrogens is 212 g/mol. The first-order valence-electron chi connectivity index (χ1n) is 4.30. The monoisotopic (exact) mass is 218 g/mol. The Balaban J connectivity index is 2.86. The number of aromatic nitrogens is 3. The number of nitro groups is 1. The molecule has 0 amide bonds. The van der Waals surface area contributed by atoms with Crippen LogP contribution >= 0.6 is 0 Å². The molecule has 16 heavy (non-hydrogen) atoms. The van der Waals surface area contributed by atoms with Gasteiger partial charge in [0.05, 0.1) is 23.9 Å². The van der Waals surface area contributed by atoms with Crippen molar-refractivity contribution >= 4 is 11.3 Å². The third-order valence-electron chi connectivity index (χ3n) is 2.06. The number of hydrogen-bond donors (Lipinski definition) is 0. The van der Waals surface area contributed by atoms with Gasteiger partial charge in [0.25, 0.3) is 0 Å². The zero-order valence-corrected chi connectivity index (χ0v) is 8.03. The Morgan fingerprint density at radius 1 is 1.62 bits per heavy atom. The molecule has 2 rings (SSSR count). The Labute approximate surface area is 89.1 Å². The van der Waals surface area contributed by atoms with E-state index in [9.17, 15) is 14.9 Å². The van der Waals surface area contributed by atoms with Gasteiger partial charge in [0.1, 0.15) is 5.65 Å². The molecule has 2 heterocycles. The first kappa shape index (κ1) is 9.92. The Morgan fingerprint density at radius 2 is 2.38 bits per heavy atom. The van der Waals surface area contributed by atoms with Crippen LogP contribution in [0.1, 0.15) is 0 Å². The molecule has 2 aromatic rings. The maximum Gasteiger partial charge on any atom is 0.352 e. The van der Waals surface area contributed by atoms with Crippen LogP contribution in [0.15, 0.2) is 23.3 Å². The lowest BCUT2D eigenvalue weighted by Crippen LogP contribution is -2.21. The van der Waals surface area contributed by atoms with Crippen LogP contribution in [0, 0.1) is 22.5 Å². The van der Waals surface area contributed by atoms with Crippen molar-refractivity contribution in [1.29, 1.82) is 0 Å². The van der Waals surface area contributed by atoms with Gasteiger partial charge in [-0.3, -0.25) is 14.9 Å². The number of hydrogen-bond acceptors (Lipinski definition) is 4. The molecule has 0 unspecified atom stereocenters. The normalized spacial score (nSPS) is 10.2. The standard InChI is InChI=1S/C9H6N4O3/c1-2-5-11-6-7(13(15)16)9(14)12-8(11)3-4-10-12/h1,3-4,6H,5H2. The predicted molar refractivity (Wildman–Crippen MR) is 54.9 cm³/mol. The summed E-state index contributed by atoms with van der Waals surface area (Å²) in [4.78, 5) is 21.5. The molecule has 0 aromatic carbocycles. The average Bonchev–Trinajstić information content (AvgIpc) is 2.71. The smallest absolute Gasteiger partial charge is 0.314 e. The molecule has 0 fully saturated rings. The van der Waals surface area contributed by atoms with Crippen LogP contribution in [0.4, 0.5) is 5.69 Å². The van der Waals surface area contributed by atoms with Crippen molar-refractivity contribution in [3.05, 3.63) is 38.9 Å². The molecule has 0 radical (unpaired) electrons. The summed E-state index contributed by atoms with van der Waals surface area (Å²) in [6.07, 6.45) is 7.64. The summed E-state index contributed by atoms with van der Waals surface area (Å²) in [6.45, 7) is 0.135. The quantitative estimate of drug-likeness (QED) is 0.404. The molecular formula is C9H6N4O3. The highest BCUT2D eigenvalue weighted by molar-refractivity contribution is 5.42. The van der Waals surface area contributed by atoms with E-state index >= 15 is 0 Å². The summed E-state index contributed by atoms with van der Waals surface area (Å²) in [5.41, 5.74) is -0.890. The van der Waals surface area contributed by atoms with E-state index in [0.717, 1.165) is 10.7 Å². The summed E-state index contributed by atoms with van der Waals surface area (Å²) in [7, 11) is 0. The molecule has 0 bridgehead atoms. The van der Waals surface area contributed by atoms with Crippen molar-refractivity contribution in [2.24, 2.45) is 0 Å². The Kier molecular flexibility index (Phi) is 2.17. The lowest BCUT2D eigenvalue weighted by Gasteiger charge is -2.03. The summed E-state index contributed by atoms with van der Waals surface area (Å²) < 4.78 is 2.38. The van der Waals surface area contributed by atoms with Gasteiger partial charge in [-0.15, -0.1) is 6.42 Å². The Morgan fingerprint density at radius 3 is 3.00 bits per heavy atom. The first-order valence-corrected chi connectivity index (χ1v) is 4.30. The van der Waals surface area contributed by atoms with E-state index in [2.05, 4.69) is 11.0 Å². The molecule has 0 aliphatic carbocycles. The van der Waals surface area contributed by atoms with Crippen LogP contribution < -0.4 is 5.56 Å². The van der Waals surface area contributed by atoms with Crippen LogP contribution in [0.25, 0.3) is 5.65 Å². The first-order chi connectivity index (χ1) is 7.65. The largest absolute Gasteiger partial charge is 0.352 e. The summed E-state index contributed by atoms with van der Waals surface area (Å²) in [6, 6.07) is 1.56. The number of fused-ring (bicyclic) bond motifs is 1. The van der Waals surface area contributed by atoms with E-state index in [-0.39, 0.29) is 6.54 Å². The van der Waals surface area contributed by atoms with E-state index < -0.39 is 16.2 Å². The van der Waals surface area contributed by atoms with Crippen LogP contribution in [0.2, 0.25) is 0 Å². The van der Waals surface area contributed by atoms with Crippen LogP contribution in [0.5, 0.6) is 0 Å². The molecule has 0 saturated carbocycles. The number of terminal acetylenes is 1. The molecule has 0 spiro atoms. The molecule has 0 atom stereocenters. The summed E-state index contributed by atoms with van der Waals surface area (Å²) in [5, 5.41) is 14.4. The van der Waals surface area contributed by atoms with Gasteiger partial charge in [-0.25, -0.2) is 0 Å². The fraction of sp³-hybridized carbons (Fsp3) is 0.111. The SMILES string of the molecule is C#CCn1cc([N+](=O)[O-])c(=O)n2nccc12. The molecule has 0 N–H and O–H groups in total. The van der Waals surface area contributed by atoms with Crippen LogP contribution in [0.3, 0.4) is 0 Å². The van der Waals surface area contributed by atoms with Crippen LogP contribution in [-0.2, 0) is 6.54 Å². The highest BCUT2D eigenvalue weighted by atomic mass is 16.6. The molecule has 0 aliphatic heterocycles. The second-order valence-electron chi connectivity index (χ2n) is 3.01. The van der Waals surface area contributed by atoms with Gasteiger partial charge < -0.3 is 4.57 Å². The van der Waals surface area contributed by atoms with Crippen molar-refractivity contribution in [2.75, 3.05) is 0 Å². The zero-order valence-electron chi connectivity index (χ0n) is 8.03. The van der Waals surface area contributed by atoms with E-state index in [0.29, 0.717) is 5.65 Å². The van der Waals surface area contributed by atoms with Gasteiger partial charge in [-0.1, -0.05) is 5.92 Å². The van der Waals surface area contributed by atoms with Crippen molar-refractivity contribution in [2.45, 2.75) is 6.54 Å². The molecule has 0 saturated heterocycles. The highest BCUT2D eigenvalue weighted by Crippen LogP contribution is 2.07. The summed E-state index contributed by atoms with van der Waals surface area (Å²) in [5.74, 6) is 2.35. The molecule has 0 aliphatic rings. The van der Waals surface area contributed by atoms with E-state index in [1.165, 1.54) is 10.8 Å². The van der Waals surface area contributed by atoms with E-state index in [4.69, 9.17) is 6.42 Å². The van der Waals surface area contributed by atoms with Gasteiger partial charge in [-0.2, -0.15) is 9.61 Å². The third kappa shape index (κ3) is 1.33. The molecule has 2 aromatic heterocycles. The van der Waals surface area contributed by atoms with Crippen molar-refractivity contribution < 1.29 is 4.92 Å². The van der Waals surface area contributed by atoms with Gasteiger partial charge in [0, 0.05) is 6.07 Å². The van der Waals surface area contributed by atoms with E-state index in [1.807, 2.05) is 0 Å². The summed E-state index contributed by atoms with van der Waals surface area (Å²) >= 11 is 0. The lowest BCUT2D eigenvalue weighted by atomic mass is 10.4. The van der Waals surface area contributed by atoms with Gasteiger partial charge >= 0.3 is 11.2 Å². The fourth-order valence-electron chi connectivity index (χ4n) is 1.40. The van der Waals surface area contributed by atoms with Gasteiger partial charge in [-0.05, 0) is 0 Å². The van der Waals surface area contributed by atoms with Gasteiger partial charge in [0.2, 0.25) is 0 Å². The molecule has 7 heteroatoms.